The maximum absolute atomic E-state index is 12.5. The van der Waals surface area contributed by atoms with E-state index in [0.717, 1.165) is 18.4 Å². The molecule has 148 valence electrons. The predicted molar refractivity (Wildman–Crippen MR) is 91.6 cm³/mol. The largest absolute Gasteiger partial charge is 0.471 e. The van der Waals surface area contributed by atoms with Crippen LogP contribution in [0.25, 0.3) is 11.4 Å². The summed E-state index contributed by atoms with van der Waals surface area (Å²) in [5.41, 5.74) is 1.25. The third kappa shape index (κ3) is 6.06. The number of rotatable bonds is 9. The SMILES string of the molecule is CCCCC(=O)N(CCOC)Cc1ccc(-c2noc(C(F)(F)F)n2)cc1. The highest BCUT2D eigenvalue weighted by atomic mass is 19.4. The quantitative estimate of drug-likeness (QED) is 0.654. The maximum atomic E-state index is 12.5. The molecule has 0 atom stereocenters. The van der Waals surface area contributed by atoms with E-state index >= 15 is 0 Å². The predicted octanol–water partition coefficient (Wildman–Crippen LogP) is 3.92. The van der Waals surface area contributed by atoms with Gasteiger partial charge in [-0.05, 0) is 12.0 Å². The van der Waals surface area contributed by atoms with E-state index in [1.54, 1.807) is 36.3 Å². The van der Waals surface area contributed by atoms with Gasteiger partial charge < -0.3 is 14.2 Å². The van der Waals surface area contributed by atoms with Crippen molar-refractivity contribution in [1.82, 2.24) is 15.0 Å². The number of carbonyl (C=O) groups excluding carboxylic acids is 1. The molecule has 0 saturated heterocycles. The molecule has 0 unspecified atom stereocenters. The molecule has 0 saturated carbocycles. The molecule has 0 radical (unpaired) electrons. The number of unbranched alkanes of at least 4 members (excludes halogenated alkanes) is 1. The van der Waals surface area contributed by atoms with Gasteiger partial charge in [0.05, 0.1) is 6.61 Å². The van der Waals surface area contributed by atoms with E-state index < -0.39 is 12.1 Å². The molecular formula is C18H22F3N3O3. The third-order valence-electron chi connectivity index (χ3n) is 3.92. The first-order chi connectivity index (χ1) is 12.8. The van der Waals surface area contributed by atoms with Crippen LogP contribution in [0.2, 0.25) is 0 Å². The molecule has 9 heteroatoms. The Labute approximate surface area is 155 Å². The van der Waals surface area contributed by atoms with Crippen molar-refractivity contribution in [3.05, 3.63) is 35.7 Å². The molecule has 2 aromatic rings. The highest BCUT2D eigenvalue weighted by Gasteiger charge is 2.38. The summed E-state index contributed by atoms with van der Waals surface area (Å²) in [5.74, 6) is -1.47. The van der Waals surface area contributed by atoms with Gasteiger partial charge in [-0.15, -0.1) is 0 Å². The molecule has 0 aliphatic heterocycles. The summed E-state index contributed by atoms with van der Waals surface area (Å²) in [6.07, 6.45) is -2.45. The van der Waals surface area contributed by atoms with E-state index in [1.807, 2.05) is 6.92 Å². The van der Waals surface area contributed by atoms with Crippen molar-refractivity contribution in [3.63, 3.8) is 0 Å². The number of nitrogens with zero attached hydrogens (tertiary/aromatic N) is 3. The highest BCUT2D eigenvalue weighted by Crippen LogP contribution is 2.29. The fourth-order valence-corrected chi connectivity index (χ4v) is 2.42. The molecule has 0 aliphatic carbocycles. The minimum absolute atomic E-state index is 0.0472. The summed E-state index contributed by atoms with van der Waals surface area (Å²) in [4.78, 5) is 17.4. The molecule has 1 amide bonds. The fourth-order valence-electron chi connectivity index (χ4n) is 2.42. The summed E-state index contributed by atoms with van der Waals surface area (Å²) < 4.78 is 46.9. The summed E-state index contributed by atoms with van der Waals surface area (Å²) in [6.45, 7) is 3.32. The van der Waals surface area contributed by atoms with Gasteiger partial charge in [0.1, 0.15) is 0 Å². The summed E-state index contributed by atoms with van der Waals surface area (Å²) >= 11 is 0. The minimum atomic E-state index is -4.67. The number of ether oxygens (including phenoxy) is 1. The lowest BCUT2D eigenvalue weighted by Crippen LogP contribution is -2.33. The van der Waals surface area contributed by atoms with Crippen molar-refractivity contribution < 1.29 is 27.2 Å². The van der Waals surface area contributed by atoms with Crippen LogP contribution in [-0.2, 0) is 22.3 Å². The number of hydrogen-bond donors (Lipinski definition) is 0. The average molecular weight is 385 g/mol. The monoisotopic (exact) mass is 385 g/mol. The number of benzene rings is 1. The topological polar surface area (TPSA) is 68.5 Å². The molecule has 27 heavy (non-hydrogen) atoms. The van der Waals surface area contributed by atoms with Crippen molar-refractivity contribution in [2.24, 2.45) is 0 Å². The maximum Gasteiger partial charge on any atom is 0.471 e. The Balaban J connectivity index is 2.08. The van der Waals surface area contributed by atoms with Crippen LogP contribution in [0.5, 0.6) is 0 Å². The molecule has 0 N–H and O–H groups in total. The number of halogens is 3. The van der Waals surface area contributed by atoms with Crippen LogP contribution in [0.4, 0.5) is 13.2 Å². The van der Waals surface area contributed by atoms with E-state index in [1.165, 1.54) is 0 Å². The molecule has 0 aliphatic rings. The van der Waals surface area contributed by atoms with Crippen molar-refractivity contribution in [1.29, 1.82) is 0 Å². The van der Waals surface area contributed by atoms with E-state index in [9.17, 15) is 18.0 Å². The van der Waals surface area contributed by atoms with Gasteiger partial charge in [0.15, 0.2) is 0 Å². The fraction of sp³-hybridized carbons (Fsp3) is 0.500. The summed E-state index contributed by atoms with van der Waals surface area (Å²) in [7, 11) is 1.57. The van der Waals surface area contributed by atoms with Gasteiger partial charge in [-0.1, -0.05) is 42.8 Å². The van der Waals surface area contributed by atoms with Gasteiger partial charge in [-0.2, -0.15) is 18.2 Å². The van der Waals surface area contributed by atoms with Crippen LogP contribution in [0.15, 0.2) is 28.8 Å². The number of methoxy groups -OCH3 is 1. The second-order valence-electron chi connectivity index (χ2n) is 6.03. The Hall–Kier alpha value is -2.42. The first-order valence-corrected chi connectivity index (χ1v) is 8.62. The van der Waals surface area contributed by atoms with Gasteiger partial charge >= 0.3 is 12.1 Å². The van der Waals surface area contributed by atoms with Crippen molar-refractivity contribution in [2.75, 3.05) is 20.3 Å². The van der Waals surface area contributed by atoms with E-state index in [-0.39, 0.29) is 11.7 Å². The molecule has 0 bridgehead atoms. The van der Waals surface area contributed by atoms with Crippen LogP contribution >= 0.6 is 0 Å². The normalized spacial score (nSPS) is 11.6. The van der Waals surface area contributed by atoms with Crippen LogP contribution in [0.3, 0.4) is 0 Å². The smallest absolute Gasteiger partial charge is 0.383 e. The van der Waals surface area contributed by atoms with Gasteiger partial charge in [0.2, 0.25) is 11.7 Å². The first-order valence-electron chi connectivity index (χ1n) is 8.62. The van der Waals surface area contributed by atoms with Crippen LogP contribution < -0.4 is 0 Å². The Morgan fingerprint density at radius 3 is 2.52 bits per heavy atom. The Morgan fingerprint density at radius 2 is 1.96 bits per heavy atom. The van der Waals surface area contributed by atoms with E-state index in [2.05, 4.69) is 14.7 Å². The zero-order valence-electron chi connectivity index (χ0n) is 15.3. The molecule has 0 fully saturated rings. The zero-order chi connectivity index (χ0) is 19.9. The van der Waals surface area contributed by atoms with Crippen molar-refractivity contribution in [2.45, 2.75) is 38.9 Å². The molecule has 2 rings (SSSR count). The molecule has 1 heterocycles. The lowest BCUT2D eigenvalue weighted by molar-refractivity contribution is -0.159. The van der Waals surface area contributed by atoms with Crippen LogP contribution in [0, 0.1) is 0 Å². The molecule has 6 nitrogen and oxygen atoms in total. The van der Waals surface area contributed by atoms with Crippen molar-refractivity contribution in [3.8, 4) is 11.4 Å². The van der Waals surface area contributed by atoms with Gasteiger partial charge in [0.25, 0.3) is 0 Å². The number of hydrogen-bond acceptors (Lipinski definition) is 5. The zero-order valence-corrected chi connectivity index (χ0v) is 15.3. The highest BCUT2D eigenvalue weighted by molar-refractivity contribution is 5.76. The number of aromatic nitrogens is 2. The standard InChI is InChI=1S/C18H22F3N3O3/c1-3-4-5-15(25)24(10-11-26-2)12-13-6-8-14(9-7-13)16-22-17(27-23-16)18(19,20)21/h6-9H,3-5,10-12H2,1-2H3. The van der Waals surface area contributed by atoms with Gasteiger partial charge in [-0.25, -0.2) is 0 Å². The van der Waals surface area contributed by atoms with E-state index in [4.69, 9.17) is 4.74 Å². The third-order valence-corrected chi connectivity index (χ3v) is 3.92. The Morgan fingerprint density at radius 1 is 1.26 bits per heavy atom. The molecular weight excluding hydrogens is 363 g/mol. The number of carbonyl (C=O) groups is 1. The van der Waals surface area contributed by atoms with Crippen LogP contribution in [0.1, 0.15) is 37.6 Å². The number of alkyl halides is 3. The van der Waals surface area contributed by atoms with Gasteiger partial charge in [0, 0.05) is 32.2 Å². The van der Waals surface area contributed by atoms with E-state index in [0.29, 0.717) is 31.7 Å². The number of amides is 1. The molecule has 0 spiro atoms. The average Bonchev–Trinajstić information content (AvgIpc) is 3.14. The molecule has 1 aromatic carbocycles. The minimum Gasteiger partial charge on any atom is -0.383 e. The Kier molecular flexibility index (Phi) is 7.35. The first kappa shape index (κ1) is 20.9. The van der Waals surface area contributed by atoms with Crippen molar-refractivity contribution >= 4 is 5.91 Å². The second kappa shape index (κ2) is 9.50. The lowest BCUT2D eigenvalue weighted by Gasteiger charge is -2.22. The second-order valence-corrected chi connectivity index (χ2v) is 6.03. The molecule has 1 aromatic heterocycles. The summed E-state index contributed by atoms with van der Waals surface area (Å²) in [5, 5.41) is 3.36. The lowest BCUT2D eigenvalue weighted by atomic mass is 10.1. The van der Waals surface area contributed by atoms with Crippen LogP contribution in [-0.4, -0.2) is 41.2 Å². The Bertz CT molecular complexity index is 729. The summed E-state index contributed by atoms with van der Waals surface area (Å²) in [6, 6.07) is 6.66. The van der Waals surface area contributed by atoms with Gasteiger partial charge in [-0.3, -0.25) is 4.79 Å².